The number of rotatable bonds is 3. The first-order valence-electron chi connectivity index (χ1n) is 5.52. The van der Waals surface area contributed by atoms with E-state index in [2.05, 4.69) is 31.9 Å². The SMILES string of the molecule is CN(c1ccc(F)cc1)S(=O)(=O)c1ccc(Br)cc1Br. The largest absolute Gasteiger partial charge is 0.269 e. The average molecular weight is 423 g/mol. The van der Waals surface area contributed by atoms with E-state index in [0.717, 1.165) is 8.78 Å². The fourth-order valence-corrected chi connectivity index (χ4v) is 4.52. The zero-order valence-electron chi connectivity index (χ0n) is 10.3. The molecule has 106 valence electrons. The molecule has 0 unspecified atom stereocenters. The molecule has 0 atom stereocenters. The summed E-state index contributed by atoms with van der Waals surface area (Å²) in [6.07, 6.45) is 0. The summed E-state index contributed by atoms with van der Waals surface area (Å²) < 4.78 is 40.3. The van der Waals surface area contributed by atoms with Gasteiger partial charge in [-0.05, 0) is 58.4 Å². The lowest BCUT2D eigenvalue weighted by atomic mass is 10.3. The number of benzene rings is 2. The predicted molar refractivity (Wildman–Crippen MR) is 83.8 cm³/mol. The zero-order chi connectivity index (χ0) is 14.9. The molecule has 0 saturated heterocycles. The Morgan fingerprint density at radius 1 is 1.05 bits per heavy atom. The molecule has 0 fully saturated rings. The molecule has 0 aromatic heterocycles. The second kappa shape index (κ2) is 5.83. The normalized spacial score (nSPS) is 11.4. The highest BCUT2D eigenvalue weighted by Crippen LogP contribution is 2.29. The Hall–Kier alpha value is -0.920. The van der Waals surface area contributed by atoms with Gasteiger partial charge in [0.05, 0.1) is 5.69 Å². The number of anilines is 1. The number of hydrogen-bond donors (Lipinski definition) is 0. The maximum Gasteiger partial charge on any atom is 0.265 e. The van der Waals surface area contributed by atoms with Crippen molar-refractivity contribution in [2.24, 2.45) is 0 Å². The van der Waals surface area contributed by atoms with Gasteiger partial charge in [0.2, 0.25) is 0 Å². The molecular weight excluding hydrogens is 413 g/mol. The smallest absolute Gasteiger partial charge is 0.265 e. The van der Waals surface area contributed by atoms with Crippen LogP contribution in [-0.2, 0) is 10.0 Å². The monoisotopic (exact) mass is 421 g/mol. The molecule has 20 heavy (non-hydrogen) atoms. The van der Waals surface area contributed by atoms with Gasteiger partial charge < -0.3 is 0 Å². The van der Waals surface area contributed by atoms with E-state index >= 15 is 0 Å². The van der Waals surface area contributed by atoms with E-state index in [9.17, 15) is 12.8 Å². The summed E-state index contributed by atoms with van der Waals surface area (Å²) in [6, 6.07) is 10.1. The minimum Gasteiger partial charge on any atom is -0.269 e. The summed E-state index contributed by atoms with van der Waals surface area (Å²) in [7, 11) is -2.28. The zero-order valence-corrected chi connectivity index (χ0v) is 14.3. The molecule has 0 radical (unpaired) electrons. The van der Waals surface area contributed by atoms with Crippen molar-refractivity contribution in [2.45, 2.75) is 4.90 Å². The first kappa shape index (κ1) is 15.5. The van der Waals surface area contributed by atoms with Crippen LogP contribution in [0.5, 0.6) is 0 Å². The van der Waals surface area contributed by atoms with Gasteiger partial charge in [0.25, 0.3) is 10.0 Å². The lowest BCUT2D eigenvalue weighted by Crippen LogP contribution is -2.26. The van der Waals surface area contributed by atoms with Crippen LogP contribution in [0.4, 0.5) is 10.1 Å². The Labute approximate surface area is 133 Å². The van der Waals surface area contributed by atoms with Crippen LogP contribution in [0.3, 0.4) is 0 Å². The van der Waals surface area contributed by atoms with E-state index in [1.165, 1.54) is 37.4 Å². The molecule has 2 aromatic rings. The Balaban J connectivity index is 2.46. The van der Waals surface area contributed by atoms with E-state index in [0.29, 0.717) is 10.2 Å². The molecule has 0 heterocycles. The topological polar surface area (TPSA) is 37.4 Å². The van der Waals surface area contributed by atoms with E-state index < -0.39 is 15.8 Å². The van der Waals surface area contributed by atoms with Crippen molar-refractivity contribution in [1.82, 2.24) is 0 Å². The molecule has 3 nitrogen and oxygen atoms in total. The predicted octanol–water partition coefficient (Wildman–Crippen LogP) is 4.18. The van der Waals surface area contributed by atoms with Crippen molar-refractivity contribution in [1.29, 1.82) is 0 Å². The van der Waals surface area contributed by atoms with Crippen molar-refractivity contribution in [3.8, 4) is 0 Å². The summed E-state index contributed by atoms with van der Waals surface area (Å²) in [4.78, 5) is 0.146. The fourth-order valence-electron chi connectivity index (χ4n) is 1.62. The van der Waals surface area contributed by atoms with Crippen molar-refractivity contribution in [2.75, 3.05) is 11.4 Å². The molecule has 0 amide bonds. The van der Waals surface area contributed by atoms with Gasteiger partial charge in [-0.2, -0.15) is 0 Å². The molecule has 0 bridgehead atoms. The number of hydrogen-bond acceptors (Lipinski definition) is 2. The molecule has 0 aliphatic carbocycles. The van der Waals surface area contributed by atoms with Crippen molar-refractivity contribution in [3.05, 3.63) is 57.2 Å². The minimum atomic E-state index is -3.71. The van der Waals surface area contributed by atoms with Crippen LogP contribution in [0, 0.1) is 5.82 Å². The molecule has 0 aliphatic heterocycles. The van der Waals surface area contributed by atoms with E-state index in [-0.39, 0.29) is 4.90 Å². The van der Waals surface area contributed by atoms with Crippen molar-refractivity contribution < 1.29 is 12.8 Å². The number of nitrogens with zero attached hydrogens (tertiary/aromatic N) is 1. The van der Waals surface area contributed by atoms with Crippen LogP contribution in [0.1, 0.15) is 0 Å². The van der Waals surface area contributed by atoms with E-state index in [1.54, 1.807) is 12.1 Å². The van der Waals surface area contributed by atoms with Gasteiger partial charge in [0.15, 0.2) is 0 Å². The molecule has 0 spiro atoms. The van der Waals surface area contributed by atoms with Gasteiger partial charge in [-0.1, -0.05) is 15.9 Å². The second-order valence-electron chi connectivity index (χ2n) is 4.02. The molecule has 7 heteroatoms. The summed E-state index contributed by atoms with van der Waals surface area (Å²) in [6.45, 7) is 0. The third kappa shape index (κ3) is 3.05. The fraction of sp³-hybridized carbons (Fsp3) is 0.0769. The molecule has 2 rings (SSSR count). The molecule has 0 aliphatic rings. The summed E-state index contributed by atoms with van der Waals surface area (Å²) >= 11 is 6.51. The van der Waals surface area contributed by atoms with Crippen LogP contribution in [-0.4, -0.2) is 15.5 Å². The highest BCUT2D eigenvalue weighted by Gasteiger charge is 2.23. The highest BCUT2D eigenvalue weighted by molar-refractivity contribution is 9.11. The molecule has 2 aromatic carbocycles. The number of halogens is 3. The summed E-state index contributed by atoms with van der Waals surface area (Å²) in [5, 5.41) is 0. The Kier molecular flexibility index (Phi) is 4.51. The molecular formula is C13H10Br2FNO2S. The average Bonchev–Trinajstić information content (AvgIpc) is 2.38. The van der Waals surface area contributed by atoms with Crippen LogP contribution in [0.25, 0.3) is 0 Å². The summed E-state index contributed by atoms with van der Waals surface area (Å²) in [5.41, 5.74) is 0.390. The minimum absolute atomic E-state index is 0.146. The van der Waals surface area contributed by atoms with Gasteiger partial charge in [0, 0.05) is 16.0 Å². The summed E-state index contributed by atoms with van der Waals surface area (Å²) in [5.74, 6) is -0.413. The highest BCUT2D eigenvalue weighted by atomic mass is 79.9. The van der Waals surface area contributed by atoms with Gasteiger partial charge in [0.1, 0.15) is 10.7 Å². The maximum atomic E-state index is 12.9. The quantitative estimate of drug-likeness (QED) is 0.744. The van der Waals surface area contributed by atoms with Crippen molar-refractivity contribution in [3.63, 3.8) is 0 Å². The first-order valence-corrected chi connectivity index (χ1v) is 8.54. The van der Waals surface area contributed by atoms with Crippen LogP contribution in [0.2, 0.25) is 0 Å². The maximum absolute atomic E-state index is 12.9. The first-order chi connectivity index (χ1) is 9.32. The van der Waals surface area contributed by atoms with E-state index in [4.69, 9.17) is 0 Å². The lowest BCUT2D eigenvalue weighted by Gasteiger charge is -2.20. The Morgan fingerprint density at radius 3 is 2.20 bits per heavy atom. The second-order valence-corrected chi connectivity index (χ2v) is 7.73. The van der Waals surface area contributed by atoms with Gasteiger partial charge in [-0.15, -0.1) is 0 Å². The third-order valence-corrected chi connectivity index (χ3v) is 5.98. The number of sulfonamides is 1. The Morgan fingerprint density at radius 2 is 1.65 bits per heavy atom. The molecule has 0 N–H and O–H groups in total. The third-order valence-electron chi connectivity index (χ3n) is 2.72. The van der Waals surface area contributed by atoms with Gasteiger partial charge in [-0.3, -0.25) is 4.31 Å². The molecule has 0 saturated carbocycles. The van der Waals surface area contributed by atoms with Crippen LogP contribution in [0.15, 0.2) is 56.3 Å². The van der Waals surface area contributed by atoms with Gasteiger partial charge >= 0.3 is 0 Å². The lowest BCUT2D eigenvalue weighted by molar-refractivity contribution is 0.593. The standard InChI is InChI=1S/C13H10Br2FNO2S/c1-17(11-5-3-10(16)4-6-11)20(18,19)13-7-2-9(14)8-12(13)15/h2-8H,1H3. The van der Waals surface area contributed by atoms with Crippen LogP contribution < -0.4 is 4.31 Å². The van der Waals surface area contributed by atoms with Gasteiger partial charge in [-0.25, -0.2) is 12.8 Å². The Bertz CT molecular complexity index is 733. The van der Waals surface area contributed by atoms with Crippen LogP contribution >= 0.6 is 31.9 Å². The van der Waals surface area contributed by atoms with E-state index in [1.807, 2.05) is 0 Å². The van der Waals surface area contributed by atoms with Crippen molar-refractivity contribution >= 4 is 47.6 Å².